The van der Waals surface area contributed by atoms with Gasteiger partial charge < -0.3 is 24.2 Å². The molecule has 8 heteroatoms. The number of rotatable bonds is 11. The molecule has 0 amide bonds. The third kappa shape index (κ3) is 7.14. The van der Waals surface area contributed by atoms with E-state index >= 15 is 0 Å². The van der Waals surface area contributed by atoms with E-state index < -0.39 is 52.0 Å². The molecule has 0 bridgehead atoms. The Bertz CT molecular complexity index is 1790. The lowest BCUT2D eigenvalue weighted by Gasteiger charge is -2.53. The van der Waals surface area contributed by atoms with Gasteiger partial charge in [-0.2, -0.15) is 0 Å². The molecule has 1 fully saturated rings. The minimum atomic E-state index is -3.48. The molecular weight excluding hydrogens is 700 g/mol. The van der Waals surface area contributed by atoms with E-state index in [0.29, 0.717) is 11.4 Å². The second-order valence-corrected chi connectivity index (χ2v) is 24.4. The number of benzene rings is 5. The highest BCUT2D eigenvalue weighted by Crippen LogP contribution is 2.50. The molecule has 0 spiro atoms. The van der Waals surface area contributed by atoms with Crippen molar-refractivity contribution in [1.82, 2.24) is 0 Å². The van der Waals surface area contributed by atoms with Crippen molar-refractivity contribution in [2.75, 3.05) is 6.61 Å². The largest absolute Gasteiger partial charge is 0.424 e. The third-order valence-corrected chi connectivity index (χ3v) is 20.9. The quantitative estimate of drug-likeness (QED) is 0.133. The van der Waals surface area contributed by atoms with E-state index in [9.17, 15) is 15.0 Å². The summed E-state index contributed by atoms with van der Waals surface area (Å²) < 4.78 is 14.5. The van der Waals surface area contributed by atoms with E-state index in [-0.39, 0.29) is 11.6 Å². The molecule has 0 aromatic heterocycles. The highest BCUT2D eigenvalue weighted by molar-refractivity contribution is 6.99. The van der Waals surface area contributed by atoms with Crippen molar-refractivity contribution in [1.29, 1.82) is 0 Å². The molecule has 0 aliphatic carbocycles. The number of hydrogen-bond donors (Lipinski definition) is 3. The fourth-order valence-electron chi connectivity index (χ4n) is 8.45. The van der Waals surface area contributed by atoms with Crippen LogP contribution in [0.1, 0.15) is 52.7 Å². The molecule has 0 saturated carbocycles. The van der Waals surface area contributed by atoms with Crippen molar-refractivity contribution >= 4 is 49.0 Å². The second-order valence-electron chi connectivity index (χ2n) is 15.8. The van der Waals surface area contributed by atoms with Crippen LogP contribution in [0.25, 0.3) is 0 Å². The zero-order valence-corrected chi connectivity index (χ0v) is 33.4. The van der Waals surface area contributed by atoms with Gasteiger partial charge in [-0.15, -0.1) is 0 Å². The molecule has 272 valence electrons. The number of ether oxygens (including phenoxy) is 1. The molecule has 1 aliphatic heterocycles. The molecule has 5 nitrogen and oxygen atoms in total. The highest BCUT2D eigenvalue weighted by Gasteiger charge is 2.58. The first-order chi connectivity index (χ1) is 24.8. The molecule has 3 N–H and O–H groups in total. The van der Waals surface area contributed by atoms with Gasteiger partial charge in [0.15, 0.2) is 0 Å². The zero-order chi connectivity index (χ0) is 37.1. The van der Waals surface area contributed by atoms with Crippen molar-refractivity contribution in [3.63, 3.8) is 0 Å². The van der Waals surface area contributed by atoms with Crippen LogP contribution >= 0.6 is 11.6 Å². The summed E-state index contributed by atoms with van der Waals surface area (Å²) in [6, 6.07) is 48.0. The van der Waals surface area contributed by atoms with Gasteiger partial charge in [0.1, 0.15) is 12.2 Å². The Morgan fingerprint density at radius 1 is 0.654 bits per heavy atom. The predicted octanol–water partition coefficient (Wildman–Crippen LogP) is 6.62. The Morgan fingerprint density at radius 2 is 1.08 bits per heavy atom. The van der Waals surface area contributed by atoms with E-state index in [4.69, 9.17) is 20.8 Å². The molecule has 1 aliphatic rings. The summed E-state index contributed by atoms with van der Waals surface area (Å²) in [5, 5.41) is 27.4. The first-order valence-electron chi connectivity index (χ1n) is 18.2. The molecule has 6 rings (SSSR count). The third-order valence-electron chi connectivity index (χ3n) is 11.1. The molecule has 1 heterocycles. The van der Waals surface area contributed by atoms with Crippen LogP contribution in [0.15, 0.2) is 146 Å². The average molecular weight is 752 g/mol. The van der Waals surface area contributed by atoms with Gasteiger partial charge in [-0.1, -0.05) is 180 Å². The summed E-state index contributed by atoms with van der Waals surface area (Å²) in [5.41, 5.74) is 0.844. The van der Waals surface area contributed by atoms with Gasteiger partial charge in [0, 0.05) is 10.9 Å². The van der Waals surface area contributed by atoms with Crippen LogP contribution in [0, 0.1) is 5.92 Å². The number of hydrogen-bond acceptors (Lipinski definition) is 5. The van der Waals surface area contributed by atoms with Gasteiger partial charge in [0.2, 0.25) is 0 Å². The van der Waals surface area contributed by atoms with Gasteiger partial charge in [-0.05, 0) is 54.9 Å². The number of halogens is 1. The van der Waals surface area contributed by atoms with Crippen molar-refractivity contribution in [3.05, 3.63) is 156 Å². The van der Waals surface area contributed by atoms with E-state index in [1.54, 1.807) is 0 Å². The maximum absolute atomic E-state index is 13.2. The average Bonchev–Trinajstić information content (AvgIpc) is 3.16. The Hall–Kier alpha value is -3.38. The second kappa shape index (κ2) is 15.5. The molecule has 2 unspecified atom stereocenters. The van der Waals surface area contributed by atoms with Crippen LogP contribution in [0.4, 0.5) is 0 Å². The molecule has 5 aromatic carbocycles. The summed E-state index contributed by atoms with van der Waals surface area (Å²) in [6.07, 6.45) is -2.95. The lowest BCUT2D eigenvalue weighted by Crippen LogP contribution is -2.71. The van der Waals surface area contributed by atoms with Crippen LogP contribution in [0.5, 0.6) is 0 Å². The Labute approximate surface area is 316 Å². The predicted molar refractivity (Wildman–Crippen MR) is 217 cm³/mol. The highest BCUT2D eigenvalue weighted by atomic mass is 35.5. The lowest BCUT2D eigenvalue weighted by atomic mass is 9.78. The Morgan fingerprint density at radius 3 is 1.48 bits per heavy atom. The maximum Gasteiger partial charge on any atom is 0.261 e. The fourth-order valence-corrected chi connectivity index (χ4v) is 17.1. The smallest absolute Gasteiger partial charge is 0.261 e. The van der Waals surface area contributed by atoms with Gasteiger partial charge in [-0.3, -0.25) is 0 Å². The summed E-state index contributed by atoms with van der Waals surface area (Å²) in [4.78, 5) is 13.2. The first kappa shape index (κ1) is 38.4. The van der Waals surface area contributed by atoms with Crippen LogP contribution in [0.2, 0.25) is 15.1 Å². The van der Waals surface area contributed by atoms with E-state index in [2.05, 4.69) is 58.9 Å². The Balaban J connectivity index is 1.50. The lowest BCUT2D eigenvalue weighted by molar-refractivity contribution is -0.209. The van der Waals surface area contributed by atoms with E-state index in [1.807, 2.05) is 121 Å². The standard InChI is InChI=1S/C44H51ClO5Si2/c1-43(2,3)52(36-22-14-8-15-23-36,37-24-16-9-17-25-37)50-42-39(31-46)49-41(32-26-28-33(45)29-27-32)38(40(42)47)30-44(4,5)51(48,34-18-10-6-11-19-34)35-20-12-7-13-21-35/h6-29,38-42,46-48H,30-31H2,1-5H3/t38?,39-,40-,41+,42?/m1/s1. The van der Waals surface area contributed by atoms with Crippen molar-refractivity contribution in [3.8, 4) is 0 Å². The molecule has 52 heavy (non-hydrogen) atoms. The molecule has 5 aromatic rings. The van der Waals surface area contributed by atoms with Gasteiger partial charge in [-0.25, -0.2) is 0 Å². The zero-order valence-electron chi connectivity index (χ0n) is 30.7. The summed E-state index contributed by atoms with van der Waals surface area (Å²) >= 11 is 6.36. The summed E-state index contributed by atoms with van der Waals surface area (Å²) in [7, 11) is -6.67. The van der Waals surface area contributed by atoms with Crippen LogP contribution < -0.4 is 20.7 Å². The van der Waals surface area contributed by atoms with Gasteiger partial charge in [0.25, 0.3) is 16.6 Å². The van der Waals surface area contributed by atoms with Crippen LogP contribution in [-0.4, -0.2) is 56.6 Å². The first-order valence-corrected chi connectivity index (χ1v) is 22.4. The summed E-state index contributed by atoms with van der Waals surface area (Å²) in [5.74, 6) is -0.520. The molecular formula is C44H51ClO5Si2. The van der Waals surface area contributed by atoms with Crippen molar-refractivity contribution in [2.45, 2.75) is 75.5 Å². The van der Waals surface area contributed by atoms with Crippen LogP contribution in [0.3, 0.4) is 0 Å². The minimum Gasteiger partial charge on any atom is -0.424 e. The van der Waals surface area contributed by atoms with E-state index in [1.165, 1.54) is 0 Å². The van der Waals surface area contributed by atoms with Crippen molar-refractivity contribution < 1.29 is 24.2 Å². The SMILES string of the molecule is CC(C)(CC1[C@@H](O)C(O[Si](c2ccccc2)(c2ccccc2)C(C)(C)C)[C@@H](CO)O[C@H]1c1ccc(Cl)cc1)[Si](O)(c1ccccc1)c1ccccc1. The van der Waals surface area contributed by atoms with Crippen LogP contribution in [-0.2, 0) is 9.16 Å². The molecule has 5 atom stereocenters. The van der Waals surface area contributed by atoms with E-state index in [0.717, 1.165) is 26.3 Å². The number of aliphatic hydroxyl groups is 2. The minimum absolute atomic E-state index is 0.340. The molecule has 1 saturated heterocycles. The van der Waals surface area contributed by atoms with Gasteiger partial charge >= 0.3 is 0 Å². The van der Waals surface area contributed by atoms with Gasteiger partial charge in [0.05, 0.1) is 18.8 Å². The summed E-state index contributed by atoms with van der Waals surface area (Å²) in [6.45, 7) is 10.5. The van der Waals surface area contributed by atoms with Crippen molar-refractivity contribution in [2.24, 2.45) is 5.92 Å². The fraction of sp³-hybridized carbons (Fsp3) is 0.318. The topological polar surface area (TPSA) is 79.2 Å². The normalized spacial score (nSPS) is 21.5. The maximum atomic E-state index is 13.2. The Kier molecular flexibility index (Phi) is 11.5. The number of aliphatic hydroxyl groups excluding tert-OH is 2. The molecule has 0 radical (unpaired) electrons. The monoisotopic (exact) mass is 750 g/mol.